The van der Waals surface area contributed by atoms with E-state index in [0.29, 0.717) is 11.5 Å². The summed E-state index contributed by atoms with van der Waals surface area (Å²) in [5, 5.41) is 7.96. The summed E-state index contributed by atoms with van der Waals surface area (Å²) >= 11 is 0. The van der Waals surface area contributed by atoms with Gasteiger partial charge in [0.05, 0.1) is 44.7 Å². The van der Waals surface area contributed by atoms with Gasteiger partial charge in [-0.1, -0.05) is 6.07 Å². The Kier molecular flexibility index (Phi) is 8.82. The van der Waals surface area contributed by atoms with Gasteiger partial charge in [0.25, 0.3) is 11.8 Å². The van der Waals surface area contributed by atoms with Crippen molar-refractivity contribution >= 4 is 35.0 Å². The third-order valence-electron chi connectivity index (χ3n) is 6.39. The molecule has 0 radical (unpaired) electrons. The first-order valence-corrected chi connectivity index (χ1v) is 12.7. The molecular weight excluding hydrogens is 546 g/mol. The largest absolute Gasteiger partial charge is 0.493 e. The van der Waals surface area contributed by atoms with Gasteiger partial charge in [0.15, 0.2) is 17.2 Å². The zero-order chi connectivity index (χ0) is 30.6. The first kappa shape index (κ1) is 29.7. The molecule has 3 aromatic rings. The van der Waals surface area contributed by atoms with Gasteiger partial charge in [0.2, 0.25) is 17.6 Å². The number of carbonyl (C=O) groups excluding carboxylic acids is 4. The fraction of sp³-hybridized carbons (Fsp3) is 0.241. The third-order valence-corrected chi connectivity index (χ3v) is 6.39. The van der Waals surface area contributed by atoms with E-state index in [9.17, 15) is 19.2 Å². The van der Waals surface area contributed by atoms with Gasteiger partial charge in [-0.2, -0.15) is 0 Å². The standard InChI is InChI=1S/C29H31N5O8/c1-14-6-15(2)8-17(7-14)42-22-11-18-19(31-29(38)21(33-28(18)37)13-25(35)34-30)12-20(22)32-27(36)16-9-23(39-3)26(41-5)24(10-16)40-4/h6-12,21H,13,30H2,1-5H3,(H,31,38)(H,32,36)(H,33,37)(H,34,35)/t21-/m0/s1. The Morgan fingerprint density at radius 3 is 2.10 bits per heavy atom. The van der Waals surface area contributed by atoms with Crippen molar-refractivity contribution in [3.8, 4) is 28.7 Å². The molecule has 1 aliphatic rings. The van der Waals surface area contributed by atoms with Crippen LogP contribution >= 0.6 is 0 Å². The Hall–Kier alpha value is -5.30. The molecule has 1 aliphatic heterocycles. The molecule has 0 saturated carbocycles. The lowest BCUT2D eigenvalue weighted by Crippen LogP contribution is -2.45. The van der Waals surface area contributed by atoms with Crippen molar-refractivity contribution in [1.29, 1.82) is 0 Å². The second kappa shape index (κ2) is 12.5. The van der Waals surface area contributed by atoms with Crippen LogP contribution in [0.2, 0.25) is 0 Å². The lowest BCUT2D eigenvalue weighted by atomic mass is 10.1. The molecule has 0 spiro atoms. The van der Waals surface area contributed by atoms with E-state index in [-0.39, 0.29) is 46.2 Å². The first-order chi connectivity index (χ1) is 20.1. The molecule has 1 atom stereocenters. The molecule has 220 valence electrons. The number of anilines is 2. The average Bonchev–Trinajstić information content (AvgIpc) is 3.06. The van der Waals surface area contributed by atoms with Crippen LogP contribution in [-0.4, -0.2) is 51.0 Å². The summed E-state index contributed by atoms with van der Waals surface area (Å²) in [7, 11) is 4.31. The number of carbonyl (C=O) groups is 4. The van der Waals surface area contributed by atoms with Gasteiger partial charge in [0.1, 0.15) is 11.8 Å². The quantitative estimate of drug-likeness (QED) is 0.145. The van der Waals surface area contributed by atoms with Crippen molar-refractivity contribution in [2.75, 3.05) is 32.0 Å². The molecule has 4 amide bonds. The summed E-state index contributed by atoms with van der Waals surface area (Å²) in [6.45, 7) is 3.81. The minimum Gasteiger partial charge on any atom is -0.493 e. The molecule has 13 nitrogen and oxygen atoms in total. The monoisotopic (exact) mass is 577 g/mol. The summed E-state index contributed by atoms with van der Waals surface area (Å²) in [4.78, 5) is 51.3. The highest BCUT2D eigenvalue weighted by Gasteiger charge is 2.31. The second-order valence-electron chi connectivity index (χ2n) is 9.47. The van der Waals surface area contributed by atoms with E-state index in [0.717, 1.165) is 11.1 Å². The van der Waals surface area contributed by atoms with E-state index in [2.05, 4.69) is 16.0 Å². The maximum absolute atomic E-state index is 13.5. The van der Waals surface area contributed by atoms with E-state index in [1.807, 2.05) is 25.3 Å². The minimum atomic E-state index is -1.19. The van der Waals surface area contributed by atoms with Gasteiger partial charge < -0.3 is 34.9 Å². The summed E-state index contributed by atoms with van der Waals surface area (Å²) in [6, 6.07) is 10.1. The lowest BCUT2D eigenvalue weighted by molar-refractivity contribution is -0.125. The number of nitrogens with two attached hydrogens (primary N) is 1. The molecule has 4 rings (SSSR count). The number of fused-ring (bicyclic) bond motifs is 1. The molecule has 0 aromatic heterocycles. The number of hydrazine groups is 1. The van der Waals surface area contributed by atoms with Crippen LogP contribution in [0.15, 0.2) is 42.5 Å². The highest BCUT2D eigenvalue weighted by Crippen LogP contribution is 2.40. The van der Waals surface area contributed by atoms with E-state index < -0.39 is 29.7 Å². The Balaban J connectivity index is 1.78. The minimum absolute atomic E-state index is 0.0594. The van der Waals surface area contributed by atoms with E-state index in [1.165, 1.54) is 45.6 Å². The summed E-state index contributed by atoms with van der Waals surface area (Å²) in [5.41, 5.74) is 4.30. The van der Waals surface area contributed by atoms with Crippen LogP contribution in [0.1, 0.15) is 38.3 Å². The summed E-state index contributed by atoms with van der Waals surface area (Å²) in [5.74, 6) is 4.11. The summed E-state index contributed by atoms with van der Waals surface area (Å²) in [6.07, 6.45) is -0.376. The highest BCUT2D eigenvalue weighted by atomic mass is 16.5. The van der Waals surface area contributed by atoms with E-state index in [4.69, 9.17) is 24.8 Å². The van der Waals surface area contributed by atoms with Crippen LogP contribution in [0.3, 0.4) is 0 Å². The Labute approximate surface area is 241 Å². The van der Waals surface area contributed by atoms with Crippen LogP contribution in [-0.2, 0) is 9.59 Å². The fourth-order valence-corrected chi connectivity index (χ4v) is 4.49. The van der Waals surface area contributed by atoms with Crippen molar-refractivity contribution in [2.45, 2.75) is 26.3 Å². The molecule has 6 N–H and O–H groups in total. The highest BCUT2D eigenvalue weighted by molar-refractivity contribution is 6.13. The summed E-state index contributed by atoms with van der Waals surface area (Å²) < 4.78 is 22.2. The zero-order valence-corrected chi connectivity index (χ0v) is 23.7. The Bertz CT molecular complexity index is 1530. The Morgan fingerprint density at radius 2 is 1.52 bits per heavy atom. The van der Waals surface area contributed by atoms with Crippen molar-refractivity contribution in [2.24, 2.45) is 5.84 Å². The van der Waals surface area contributed by atoms with Gasteiger partial charge in [-0.05, 0) is 61.4 Å². The number of hydrogen-bond donors (Lipinski definition) is 5. The normalized spacial score (nSPS) is 14.0. The molecule has 13 heteroatoms. The third kappa shape index (κ3) is 6.36. The number of ether oxygens (including phenoxy) is 4. The predicted octanol–water partition coefficient (Wildman–Crippen LogP) is 2.80. The fourth-order valence-electron chi connectivity index (χ4n) is 4.49. The smallest absolute Gasteiger partial charge is 0.256 e. The van der Waals surface area contributed by atoms with Crippen LogP contribution in [0, 0.1) is 13.8 Å². The number of rotatable bonds is 9. The Morgan fingerprint density at radius 1 is 0.881 bits per heavy atom. The molecule has 1 heterocycles. The van der Waals surface area contributed by atoms with E-state index in [1.54, 1.807) is 12.1 Å². The molecular formula is C29H31N5O8. The van der Waals surface area contributed by atoms with Crippen molar-refractivity contribution in [3.05, 3.63) is 64.7 Å². The number of aryl methyl sites for hydroxylation is 2. The molecule has 0 unspecified atom stereocenters. The van der Waals surface area contributed by atoms with Crippen LogP contribution in [0.5, 0.6) is 28.7 Å². The SMILES string of the molecule is COc1cc(C(=O)Nc2cc3c(cc2Oc2cc(C)cc(C)c2)C(=O)N[C@@H](CC(=O)NN)C(=O)N3)cc(OC)c1OC. The zero-order valence-electron chi connectivity index (χ0n) is 23.7. The number of nitrogens with one attached hydrogen (secondary N) is 4. The van der Waals surface area contributed by atoms with Crippen LogP contribution in [0.25, 0.3) is 0 Å². The molecule has 0 bridgehead atoms. The van der Waals surface area contributed by atoms with Crippen LogP contribution in [0.4, 0.5) is 11.4 Å². The van der Waals surface area contributed by atoms with Crippen LogP contribution < -0.4 is 46.2 Å². The van der Waals surface area contributed by atoms with Gasteiger partial charge >= 0.3 is 0 Å². The molecule has 42 heavy (non-hydrogen) atoms. The molecule has 0 saturated heterocycles. The number of methoxy groups -OCH3 is 3. The van der Waals surface area contributed by atoms with Crippen molar-refractivity contribution < 1.29 is 38.1 Å². The molecule has 0 aliphatic carbocycles. The van der Waals surface area contributed by atoms with Crippen molar-refractivity contribution in [1.82, 2.24) is 10.7 Å². The average molecular weight is 578 g/mol. The number of amides is 4. The maximum Gasteiger partial charge on any atom is 0.256 e. The van der Waals surface area contributed by atoms with Gasteiger partial charge in [-0.3, -0.25) is 24.6 Å². The lowest BCUT2D eigenvalue weighted by Gasteiger charge is -2.17. The predicted molar refractivity (Wildman–Crippen MR) is 153 cm³/mol. The second-order valence-corrected chi connectivity index (χ2v) is 9.47. The number of benzene rings is 3. The molecule has 0 fully saturated rings. The van der Waals surface area contributed by atoms with Gasteiger partial charge in [0, 0.05) is 5.56 Å². The maximum atomic E-state index is 13.5. The van der Waals surface area contributed by atoms with E-state index >= 15 is 0 Å². The number of hydrogen-bond acceptors (Lipinski definition) is 9. The van der Waals surface area contributed by atoms with Gasteiger partial charge in [-0.25, -0.2) is 5.84 Å². The first-order valence-electron chi connectivity index (χ1n) is 12.7. The van der Waals surface area contributed by atoms with Crippen molar-refractivity contribution in [3.63, 3.8) is 0 Å². The van der Waals surface area contributed by atoms with Gasteiger partial charge in [-0.15, -0.1) is 0 Å². The molecule has 3 aromatic carbocycles. The topological polar surface area (TPSA) is 179 Å².